The van der Waals surface area contributed by atoms with E-state index in [-0.39, 0.29) is 11.9 Å². The van der Waals surface area contributed by atoms with Crippen LogP contribution in [0.1, 0.15) is 15.9 Å². The van der Waals surface area contributed by atoms with Gasteiger partial charge in [0, 0.05) is 55.2 Å². The summed E-state index contributed by atoms with van der Waals surface area (Å²) in [6, 6.07) is 21.6. The summed E-state index contributed by atoms with van der Waals surface area (Å²) in [5, 5.41) is 5.55. The molecule has 35 heavy (non-hydrogen) atoms. The van der Waals surface area contributed by atoms with E-state index in [0.717, 1.165) is 36.7 Å². The van der Waals surface area contributed by atoms with E-state index in [9.17, 15) is 9.59 Å². The Morgan fingerprint density at radius 1 is 0.800 bits per heavy atom. The molecular weight excluding hydrogens is 444 g/mol. The minimum absolute atomic E-state index is 0.0103. The molecule has 4 rings (SSSR count). The molecule has 0 unspecified atom stereocenters. The predicted octanol–water partition coefficient (Wildman–Crippen LogP) is 4.31. The molecule has 0 spiro atoms. The molecule has 1 heterocycles. The molecule has 3 amide bonds. The van der Waals surface area contributed by atoms with Gasteiger partial charge in [-0.05, 0) is 54.6 Å². The minimum atomic E-state index is -0.334. The highest BCUT2D eigenvalue weighted by Crippen LogP contribution is 2.26. The van der Waals surface area contributed by atoms with E-state index < -0.39 is 0 Å². The first-order valence-electron chi connectivity index (χ1n) is 11.5. The Kier molecular flexibility index (Phi) is 7.84. The third-order valence-electron chi connectivity index (χ3n) is 5.96. The lowest BCUT2D eigenvalue weighted by Gasteiger charge is -2.35. The first-order chi connectivity index (χ1) is 17.1. The minimum Gasteiger partial charge on any atom is -0.497 e. The first-order valence-corrected chi connectivity index (χ1v) is 11.5. The average molecular weight is 475 g/mol. The standard InChI is InChI=1S/C27H30N4O4/c1-34-24-12-13-25(35-2)21(18-24)19-30-14-16-31(17-15-30)26(32)20-8-10-23(11-9-20)29-27(33)28-22-6-4-3-5-7-22/h3-13,18H,14-17,19H2,1-2H3,(H2,28,29,33). The Labute approximate surface area is 205 Å². The Morgan fingerprint density at radius 3 is 2.09 bits per heavy atom. The van der Waals surface area contributed by atoms with Gasteiger partial charge in [0.25, 0.3) is 5.91 Å². The van der Waals surface area contributed by atoms with Crippen molar-refractivity contribution >= 4 is 23.3 Å². The molecular formula is C27H30N4O4. The number of piperazine rings is 1. The number of para-hydroxylation sites is 1. The zero-order valence-corrected chi connectivity index (χ0v) is 20.0. The van der Waals surface area contributed by atoms with Crippen molar-refractivity contribution in [3.8, 4) is 11.5 Å². The second kappa shape index (κ2) is 11.4. The van der Waals surface area contributed by atoms with Crippen LogP contribution in [-0.2, 0) is 6.54 Å². The second-order valence-electron chi connectivity index (χ2n) is 8.27. The Morgan fingerprint density at radius 2 is 1.46 bits per heavy atom. The molecule has 3 aromatic carbocycles. The number of methoxy groups -OCH3 is 2. The summed E-state index contributed by atoms with van der Waals surface area (Å²) in [7, 11) is 3.32. The van der Waals surface area contributed by atoms with Gasteiger partial charge in [0.15, 0.2) is 0 Å². The number of carbonyl (C=O) groups excluding carboxylic acids is 2. The fourth-order valence-corrected chi connectivity index (χ4v) is 4.05. The highest BCUT2D eigenvalue weighted by atomic mass is 16.5. The molecule has 0 aliphatic carbocycles. The summed E-state index contributed by atoms with van der Waals surface area (Å²) in [5.74, 6) is 1.62. The highest BCUT2D eigenvalue weighted by Gasteiger charge is 2.23. The van der Waals surface area contributed by atoms with Crippen LogP contribution in [0.5, 0.6) is 11.5 Å². The van der Waals surface area contributed by atoms with E-state index in [1.54, 1.807) is 38.5 Å². The maximum absolute atomic E-state index is 13.0. The summed E-state index contributed by atoms with van der Waals surface area (Å²) in [4.78, 5) is 29.3. The number of hydrogen-bond acceptors (Lipinski definition) is 5. The lowest BCUT2D eigenvalue weighted by molar-refractivity contribution is 0.0627. The van der Waals surface area contributed by atoms with Crippen LogP contribution in [0.3, 0.4) is 0 Å². The van der Waals surface area contributed by atoms with Gasteiger partial charge < -0.3 is 25.0 Å². The van der Waals surface area contributed by atoms with Gasteiger partial charge in [0.1, 0.15) is 11.5 Å². The van der Waals surface area contributed by atoms with Crippen LogP contribution in [0.25, 0.3) is 0 Å². The molecule has 3 aromatic rings. The van der Waals surface area contributed by atoms with Gasteiger partial charge in [-0.1, -0.05) is 18.2 Å². The van der Waals surface area contributed by atoms with Crippen molar-refractivity contribution in [2.75, 3.05) is 51.0 Å². The van der Waals surface area contributed by atoms with Crippen molar-refractivity contribution in [2.45, 2.75) is 6.54 Å². The summed E-state index contributed by atoms with van der Waals surface area (Å²) in [6.07, 6.45) is 0. The van der Waals surface area contributed by atoms with E-state index in [1.807, 2.05) is 53.4 Å². The van der Waals surface area contributed by atoms with Crippen LogP contribution in [0, 0.1) is 0 Å². The van der Waals surface area contributed by atoms with Crippen molar-refractivity contribution < 1.29 is 19.1 Å². The summed E-state index contributed by atoms with van der Waals surface area (Å²) < 4.78 is 10.8. The predicted molar refractivity (Wildman–Crippen MR) is 136 cm³/mol. The molecule has 0 saturated carbocycles. The number of ether oxygens (including phenoxy) is 2. The summed E-state index contributed by atoms with van der Waals surface area (Å²) in [5.41, 5.74) is 2.99. The number of benzene rings is 3. The average Bonchev–Trinajstić information content (AvgIpc) is 2.89. The fraction of sp³-hybridized carbons (Fsp3) is 0.259. The molecule has 1 aliphatic heterocycles. The molecule has 8 heteroatoms. The number of nitrogens with zero attached hydrogens (tertiary/aromatic N) is 2. The van der Waals surface area contributed by atoms with Gasteiger partial charge >= 0.3 is 6.03 Å². The van der Waals surface area contributed by atoms with Crippen molar-refractivity contribution in [3.05, 3.63) is 83.9 Å². The normalized spacial score (nSPS) is 13.7. The van der Waals surface area contributed by atoms with Crippen LogP contribution < -0.4 is 20.1 Å². The molecule has 182 valence electrons. The summed E-state index contributed by atoms with van der Waals surface area (Å²) in [6.45, 7) is 3.56. The molecule has 1 fully saturated rings. The molecule has 0 aromatic heterocycles. The molecule has 0 atom stereocenters. The van der Waals surface area contributed by atoms with Crippen LogP contribution in [0.15, 0.2) is 72.8 Å². The topological polar surface area (TPSA) is 83.1 Å². The number of anilines is 2. The van der Waals surface area contributed by atoms with E-state index in [0.29, 0.717) is 30.0 Å². The number of nitrogens with one attached hydrogen (secondary N) is 2. The van der Waals surface area contributed by atoms with E-state index in [2.05, 4.69) is 15.5 Å². The third kappa shape index (κ3) is 6.30. The van der Waals surface area contributed by atoms with Crippen molar-refractivity contribution in [1.82, 2.24) is 9.80 Å². The quantitative estimate of drug-likeness (QED) is 0.533. The lowest BCUT2D eigenvalue weighted by atomic mass is 10.1. The second-order valence-corrected chi connectivity index (χ2v) is 8.27. The number of carbonyl (C=O) groups is 2. The first kappa shape index (κ1) is 24.1. The maximum Gasteiger partial charge on any atom is 0.323 e. The fourth-order valence-electron chi connectivity index (χ4n) is 4.05. The van der Waals surface area contributed by atoms with Gasteiger partial charge in [0.2, 0.25) is 0 Å². The van der Waals surface area contributed by atoms with Crippen LogP contribution in [-0.4, -0.2) is 62.1 Å². The van der Waals surface area contributed by atoms with Gasteiger partial charge in [-0.25, -0.2) is 4.79 Å². The van der Waals surface area contributed by atoms with Crippen LogP contribution >= 0.6 is 0 Å². The lowest BCUT2D eigenvalue weighted by Crippen LogP contribution is -2.48. The monoisotopic (exact) mass is 474 g/mol. The van der Waals surface area contributed by atoms with E-state index >= 15 is 0 Å². The molecule has 0 bridgehead atoms. The van der Waals surface area contributed by atoms with Crippen LogP contribution in [0.4, 0.5) is 16.2 Å². The SMILES string of the molecule is COc1ccc(OC)c(CN2CCN(C(=O)c3ccc(NC(=O)Nc4ccccc4)cc3)CC2)c1. The van der Waals surface area contributed by atoms with Crippen molar-refractivity contribution in [3.63, 3.8) is 0 Å². The molecule has 2 N–H and O–H groups in total. The van der Waals surface area contributed by atoms with Crippen LogP contribution in [0.2, 0.25) is 0 Å². The third-order valence-corrected chi connectivity index (χ3v) is 5.96. The highest BCUT2D eigenvalue weighted by molar-refractivity contribution is 6.00. The number of hydrogen-bond donors (Lipinski definition) is 2. The molecule has 1 aliphatic rings. The number of rotatable bonds is 7. The Bertz CT molecular complexity index is 1140. The number of amides is 3. The zero-order valence-electron chi connectivity index (χ0n) is 20.0. The molecule has 0 radical (unpaired) electrons. The molecule has 8 nitrogen and oxygen atoms in total. The van der Waals surface area contributed by atoms with Crippen molar-refractivity contribution in [2.24, 2.45) is 0 Å². The van der Waals surface area contributed by atoms with Gasteiger partial charge in [-0.15, -0.1) is 0 Å². The van der Waals surface area contributed by atoms with Gasteiger partial charge in [-0.3, -0.25) is 9.69 Å². The van der Waals surface area contributed by atoms with Crippen molar-refractivity contribution in [1.29, 1.82) is 0 Å². The van der Waals surface area contributed by atoms with E-state index in [4.69, 9.17) is 9.47 Å². The maximum atomic E-state index is 13.0. The number of urea groups is 1. The smallest absolute Gasteiger partial charge is 0.323 e. The Balaban J connectivity index is 1.29. The molecule has 1 saturated heterocycles. The van der Waals surface area contributed by atoms with Gasteiger partial charge in [-0.2, -0.15) is 0 Å². The zero-order chi connectivity index (χ0) is 24.6. The Hall–Kier alpha value is -4.04. The van der Waals surface area contributed by atoms with Gasteiger partial charge in [0.05, 0.1) is 14.2 Å². The summed E-state index contributed by atoms with van der Waals surface area (Å²) >= 11 is 0. The van der Waals surface area contributed by atoms with E-state index in [1.165, 1.54) is 0 Å². The largest absolute Gasteiger partial charge is 0.497 e.